The predicted molar refractivity (Wildman–Crippen MR) is 86.6 cm³/mol. The highest BCUT2D eigenvalue weighted by atomic mass is 16.2. The minimum absolute atomic E-state index is 0.239. The van der Waals surface area contributed by atoms with Gasteiger partial charge in [-0.2, -0.15) is 0 Å². The topological polar surface area (TPSA) is 36.4 Å². The van der Waals surface area contributed by atoms with Gasteiger partial charge in [0.05, 0.1) is 0 Å². The van der Waals surface area contributed by atoms with Crippen molar-refractivity contribution in [1.29, 1.82) is 0 Å². The fourth-order valence-electron chi connectivity index (χ4n) is 3.08. The van der Waals surface area contributed by atoms with E-state index in [0.29, 0.717) is 12.3 Å². The van der Waals surface area contributed by atoms with Crippen LogP contribution < -0.4 is 4.90 Å². The first-order valence-electron chi connectivity index (χ1n) is 7.86. The van der Waals surface area contributed by atoms with Gasteiger partial charge < -0.3 is 9.80 Å². The minimum Gasteiger partial charge on any atom is -0.371 e. The molecule has 4 nitrogen and oxygen atoms in total. The molecule has 116 valence electrons. The molecule has 1 aliphatic heterocycles. The Balaban J connectivity index is 1.95. The van der Waals surface area contributed by atoms with Crippen molar-refractivity contribution in [2.24, 2.45) is 5.92 Å². The maximum Gasteiger partial charge on any atom is 0.222 e. The molecule has 1 amide bonds. The first-order valence-corrected chi connectivity index (χ1v) is 7.86. The van der Waals surface area contributed by atoms with Gasteiger partial charge in [0.15, 0.2) is 0 Å². The largest absolute Gasteiger partial charge is 0.371 e. The molecule has 0 saturated carbocycles. The Hall–Kier alpha value is -1.58. The summed E-state index contributed by atoms with van der Waals surface area (Å²) in [5.74, 6) is 0.860. The van der Waals surface area contributed by atoms with Gasteiger partial charge in [-0.1, -0.05) is 0 Å². The zero-order chi connectivity index (χ0) is 15.4. The minimum atomic E-state index is 0.239. The van der Waals surface area contributed by atoms with Crippen LogP contribution in [-0.2, 0) is 4.79 Å². The van der Waals surface area contributed by atoms with Crippen LogP contribution in [0.25, 0.3) is 0 Å². The van der Waals surface area contributed by atoms with Gasteiger partial charge in [-0.15, -0.1) is 0 Å². The van der Waals surface area contributed by atoms with Gasteiger partial charge in [0, 0.05) is 50.7 Å². The van der Waals surface area contributed by atoms with Crippen LogP contribution in [0.1, 0.15) is 37.1 Å². The van der Waals surface area contributed by atoms with Crippen molar-refractivity contribution in [3.05, 3.63) is 23.5 Å². The van der Waals surface area contributed by atoms with E-state index >= 15 is 0 Å². The van der Waals surface area contributed by atoms with E-state index in [0.717, 1.165) is 30.9 Å². The molecule has 1 aromatic rings. The van der Waals surface area contributed by atoms with Crippen LogP contribution in [0.3, 0.4) is 0 Å². The third kappa shape index (κ3) is 4.45. The molecule has 0 unspecified atom stereocenters. The smallest absolute Gasteiger partial charge is 0.222 e. The second kappa shape index (κ2) is 6.92. The normalized spacial score (nSPS) is 18.7. The number of hydrogen-bond acceptors (Lipinski definition) is 3. The number of carbonyl (C=O) groups is 1. The molecule has 1 aromatic heterocycles. The van der Waals surface area contributed by atoms with Gasteiger partial charge in [-0.25, -0.2) is 0 Å². The lowest BCUT2D eigenvalue weighted by Gasteiger charge is -2.34. The quantitative estimate of drug-likeness (QED) is 0.855. The van der Waals surface area contributed by atoms with E-state index in [2.05, 4.69) is 22.0 Å². The molecule has 1 fully saturated rings. The monoisotopic (exact) mass is 289 g/mol. The third-order valence-electron chi connectivity index (χ3n) is 4.22. The number of rotatable bonds is 4. The van der Waals surface area contributed by atoms with Gasteiger partial charge in [0.25, 0.3) is 0 Å². The number of piperidine rings is 1. The molecule has 0 N–H and O–H groups in total. The highest BCUT2D eigenvalue weighted by Gasteiger charge is 2.21. The summed E-state index contributed by atoms with van der Waals surface area (Å²) in [6.07, 6.45) is 4.11. The molecule has 0 spiro atoms. The lowest BCUT2D eigenvalue weighted by Crippen LogP contribution is -2.36. The van der Waals surface area contributed by atoms with Gasteiger partial charge >= 0.3 is 0 Å². The zero-order valence-corrected chi connectivity index (χ0v) is 13.7. The lowest BCUT2D eigenvalue weighted by atomic mass is 9.92. The Bertz CT molecular complexity index is 479. The first-order chi connectivity index (χ1) is 9.95. The maximum absolute atomic E-state index is 11.7. The lowest BCUT2D eigenvalue weighted by molar-refractivity contribution is -0.129. The highest BCUT2D eigenvalue weighted by molar-refractivity contribution is 5.75. The van der Waals surface area contributed by atoms with E-state index in [9.17, 15) is 4.79 Å². The Kier molecular flexibility index (Phi) is 5.21. The number of hydrogen-bond donors (Lipinski definition) is 0. The molecule has 21 heavy (non-hydrogen) atoms. The predicted octanol–water partition coefficient (Wildman–Crippen LogP) is 2.78. The summed E-state index contributed by atoms with van der Waals surface area (Å²) in [5.41, 5.74) is 3.44. The van der Waals surface area contributed by atoms with E-state index in [1.165, 1.54) is 18.5 Å². The average molecular weight is 289 g/mol. The number of aryl methyl sites for hydroxylation is 2. The SMILES string of the molecule is Cc1cc(N2CCC[C@H](CCC(=O)N(C)C)C2)cc(C)n1. The van der Waals surface area contributed by atoms with Crippen molar-refractivity contribution >= 4 is 11.6 Å². The molecule has 2 rings (SSSR count). The van der Waals surface area contributed by atoms with Crippen LogP contribution in [0.4, 0.5) is 5.69 Å². The van der Waals surface area contributed by atoms with Gasteiger partial charge in [0.1, 0.15) is 0 Å². The fraction of sp³-hybridized carbons (Fsp3) is 0.647. The number of pyridine rings is 1. The van der Waals surface area contributed by atoms with E-state index < -0.39 is 0 Å². The molecule has 1 atom stereocenters. The molecule has 2 heterocycles. The van der Waals surface area contributed by atoms with Crippen molar-refractivity contribution in [1.82, 2.24) is 9.88 Å². The summed E-state index contributed by atoms with van der Waals surface area (Å²) >= 11 is 0. The van der Waals surface area contributed by atoms with Gasteiger partial charge in [-0.05, 0) is 51.2 Å². The Morgan fingerprint density at radius 1 is 1.33 bits per heavy atom. The van der Waals surface area contributed by atoms with Crippen LogP contribution in [0.5, 0.6) is 0 Å². The van der Waals surface area contributed by atoms with E-state index in [4.69, 9.17) is 0 Å². The number of carbonyl (C=O) groups excluding carboxylic acids is 1. The number of aromatic nitrogens is 1. The molecule has 4 heteroatoms. The van der Waals surface area contributed by atoms with Crippen LogP contribution in [0.2, 0.25) is 0 Å². The molecule has 0 aliphatic carbocycles. The zero-order valence-electron chi connectivity index (χ0n) is 13.7. The van der Waals surface area contributed by atoms with Crippen molar-refractivity contribution in [3.63, 3.8) is 0 Å². The Morgan fingerprint density at radius 2 is 2.00 bits per heavy atom. The third-order valence-corrected chi connectivity index (χ3v) is 4.22. The standard InChI is InChI=1S/C17H27N3O/c1-13-10-16(11-14(2)18-13)20-9-5-6-15(12-20)7-8-17(21)19(3)4/h10-11,15H,5-9,12H2,1-4H3/t15-/m1/s1. The summed E-state index contributed by atoms with van der Waals surface area (Å²) in [6.45, 7) is 6.27. The van der Waals surface area contributed by atoms with Gasteiger partial charge in [-0.3, -0.25) is 9.78 Å². The average Bonchev–Trinajstić information content (AvgIpc) is 2.44. The van der Waals surface area contributed by atoms with Crippen molar-refractivity contribution in [3.8, 4) is 0 Å². The van der Waals surface area contributed by atoms with Crippen LogP contribution in [0.15, 0.2) is 12.1 Å². The van der Waals surface area contributed by atoms with Crippen LogP contribution in [-0.4, -0.2) is 43.0 Å². The first kappa shape index (κ1) is 15.8. The van der Waals surface area contributed by atoms with E-state index in [1.807, 2.05) is 27.9 Å². The molecule has 1 saturated heterocycles. The summed E-state index contributed by atoms with van der Waals surface area (Å²) in [5, 5.41) is 0. The van der Waals surface area contributed by atoms with Crippen LogP contribution in [0, 0.1) is 19.8 Å². The summed E-state index contributed by atoms with van der Waals surface area (Å²) in [6, 6.07) is 4.33. The summed E-state index contributed by atoms with van der Waals surface area (Å²) in [7, 11) is 3.66. The fourth-order valence-corrected chi connectivity index (χ4v) is 3.08. The Labute approximate surface area is 128 Å². The number of amides is 1. The Morgan fingerprint density at radius 3 is 2.62 bits per heavy atom. The summed E-state index contributed by atoms with van der Waals surface area (Å²) < 4.78 is 0. The number of anilines is 1. The van der Waals surface area contributed by atoms with E-state index in [1.54, 1.807) is 4.90 Å². The van der Waals surface area contributed by atoms with Crippen LogP contribution >= 0.6 is 0 Å². The highest BCUT2D eigenvalue weighted by Crippen LogP contribution is 2.26. The molecule has 0 aromatic carbocycles. The molecule has 1 aliphatic rings. The summed E-state index contributed by atoms with van der Waals surface area (Å²) in [4.78, 5) is 20.3. The molecular weight excluding hydrogens is 262 g/mol. The van der Waals surface area contributed by atoms with Crippen molar-refractivity contribution < 1.29 is 4.79 Å². The molecule has 0 radical (unpaired) electrons. The molecule has 0 bridgehead atoms. The van der Waals surface area contributed by atoms with Crippen molar-refractivity contribution in [2.45, 2.75) is 39.5 Å². The second-order valence-corrected chi connectivity index (χ2v) is 6.39. The second-order valence-electron chi connectivity index (χ2n) is 6.39. The van der Waals surface area contributed by atoms with E-state index in [-0.39, 0.29) is 5.91 Å². The maximum atomic E-state index is 11.7. The van der Waals surface area contributed by atoms with Gasteiger partial charge in [0.2, 0.25) is 5.91 Å². The molecular formula is C17H27N3O. The number of nitrogens with zero attached hydrogens (tertiary/aromatic N) is 3. The van der Waals surface area contributed by atoms with Crippen molar-refractivity contribution in [2.75, 3.05) is 32.1 Å².